The maximum atomic E-state index is 4.37. The van der Waals surface area contributed by atoms with Gasteiger partial charge in [0.1, 0.15) is 0 Å². The lowest BCUT2D eigenvalue weighted by Gasteiger charge is -2.17. The van der Waals surface area contributed by atoms with Gasteiger partial charge in [0.15, 0.2) is 0 Å². The first-order valence-electron chi connectivity index (χ1n) is 14.2. The highest BCUT2D eigenvalue weighted by Gasteiger charge is 2.13. The SMILES string of the molecule is C1=CNCC(c2cc(C3=CNCC=C3)cc(-c3cccc(-c4cc(-c5cccnc5)cc(-c5cccnc5)c4)c3)c2)=C1. The van der Waals surface area contributed by atoms with Crippen LogP contribution in [0.3, 0.4) is 0 Å². The van der Waals surface area contributed by atoms with Crippen molar-refractivity contribution in [1.29, 1.82) is 0 Å². The fourth-order valence-corrected chi connectivity index (χ4v) is 5.53. The summed E-state index contributed by atoms with van der Waals surface area (Å²) in [6.45, 7) is 1.67. The van der Waals surface area contributed by atoms with Crippen molar-refractivity contribution in [2.45, 2.75) is 0 Å². The van der Waals surface area contributed by atoms with Crippen LogP contribution in [0.25, 0.3) is 55.7 Å². The molecule has 2 N–H and O–H groups in total. The Balaban J connectivity index is 1.35. The van der Waals surface area contributed by atoms with E-state index in [2.05, 4.69) is 124 Å². The molecule has 202 valence electrons. The number of aromatic nitrogens is 2. The fourth-order valence-electron chi connectivity index (χ4n) is 5.53. The molecule has 4 nitrogen and oxygen atoms in total. The van der Waals surface area contributed by atoms with Gasteiger partial charge in [-0.2, -0.15) is 0 Å². The van der Waals surface area contributed by atoms with Gasteiger partial charge in [-0.15, -0.1) is 0 Å². The number of allylic oxidation sites excluding steroid dienone is 4. The average Bonchev–Trinajstić information content (AvgIpc) is 3.09. The highest BCUT2D eigenvalue weighted by Crippen LogP contribution is 2.36. The zero-order chi connectivity index (χ0) is 28.1. The first kappa shape index (κ1) is 25.5. The zero-order valence-corrected chi connectivity index (χ0v) is 23.2. The third kappa shape index (κ3) is 5.43. The number of dihydropyridines is 2. The molecule has 0 spiro atoms. The van der Waals surface area contributed by atoms with Gasteiger partial charge in [-0.1, -0.05) is 48.6 Å². The first-order valence-corrected chi connectivity index (χ1v) is 14.2. The third-order valence-corrected chi connectivity index (χ3v) is 7.68. The number of benzene rings is 3. The quantitative estimate of drug-likeness (QED) is 0.227. The van der Waals surface area contributed by atoms with E-state index in [0.717, 1.165) is 46.5 Å². The molecule has 0 saturated carbocycles. The molecule has 2 aromatic heterocycles. The average molecular weight is 543 g/mol. The van der Waals surface area contributed by atoms with Crippen LogP contribution >= 0.6 is 0 Å². The number of hydrogen-bond donors (Lipinski definition) is 2. The minimum absolute atomic E-state index is 0.810. The minimum Gasteiger partial charge on any atom is -0.387 e. The van der Waals surface area contributed by atoms with Crippen molar-refractivity contribution in [1.82, 2.24) is 20.6 Å². The molecule has 0 bridgehead atoms. The van der Waals surface area contributed by atoms with Gasteiger partial charge in [-0.3, -0.25) is 9.97 Å². The third-order valence-electron chi connectivity index (χ3n) is 7.68. The van der Waals surface area contributed by atoms with E-state index < -0.39 is 0 Å². The van der Waals surface area contributed by atoms with Crippen molar-refractivity contribution in [2.75, 3.05) is 13.1 Å². The normalized spacial score (nSPS) is 14.0. The van der Waals surface area contributed by atoms with Crippen molar-refractivity contribution in [3.63, 3.8) is 0 Å². The van der Waals surface area contributed by atoms with E-state index in [1.807, 2.05) is 43.1 Å². The Morgan fingerprint density at radius 3 is 1.69 bits per heavy atom. The summed E-state index contributed by atoms with van der Waals surface area (Å²) >= 11 is 0. The molecule has 42 heavy (non-hydrogen) atoms. The van der Waals surface area contributed by atoms with Crippen LogP contribution in [0.5, 0.6) is 0 Å². The molecule has 0 amide bonds. The molecule has 3 aromatic carbocycles. The van der Waals surface area contributed by atoms with E-state index in [1.54, 1.807) is 0 Å². The van der Waals surface area contributed by atoms with E-state index >= 15 is 0 Å². The van der Waals surface area contributed by atoms with Gasteiger partial charge in [0, 0.05) is 55.2 Å². The molecular weight excluding hydrogens is 512 g/mol. The molecule has 0 saturated heterocycles. The molecule has 4 heterocycles. The molecule has 2 aliphatic heterocycles. The lowest BCUT2D eigenvalue weighted by atomic mass is 9.90. The Kier molecular flexibility index (Phi) is 7.01. The molecule has 5 aromatic rings. The van der Waals surface area contributed by atoms with E-state index in [0.29, 0.717) is 0 Å². The number of pyridine rings is 2. The summed E-state index contributed by atoms with van der Waals surface area (Å²) in [5.41, 5.74) is 14.0. The van der Waals surface area contributed by atoms with Crippen LogP contribution in [0.2, 0.25) is 0 Å². The topological polar surface area (TPSA) is 49.8 Å². The molecule has 0 unspecified atom stereocenters. The van der Waals surface area contributed by atoms with Crippen LogP contribution in [0, 0.1) is 0 Å². The summed E-state index contributed by atoms with van der Waals surface area (Å²) in [6.07, 6.45) is 20.2. The van der Waals surface area contributed by atoms with Crippen LogP contribution in [0.15, 0.2) is 146 Å². The monoisotopic (exact) mass is 542 g/mol. The lowest BCUT2D eigenvalue weighted by Crippen LogP contribution is -2.12. The van der Waals surface area contributed by atoms with E-state index in [4.69, 9.17) is 0 Å². The van der Waals surface area contributed by atoms with Gasteiger partial charge in [0.2, 0.25) is 0 Å². The number of hydrogen-bond acceptors (Lipinski definition) is 4. The second kappa shape index (κ2) is 11.6. The summed E-state index contributed by atoms with van der Waals surface area (Å²) in [6, 6.07) is 30.7. The van der Waals surface area contributed by atoms with Crippen LogP contribution in [0.1, 0.15) is 11.1 Å². The van der Waals surface area contributed by atoms with Gasteiger partial charge >= 0.3 is 0 Å². The van der Waals surface area contributed by atoms with Crippen LogP contribution in [-0.4, -0.2) is 23.1 Å². The van der Waals surface area contributed by atoms with Crippen molar-refractivity contribution < 1.29 is 0 Å². The Labute approximate surface area is 246 Å². The predicted octanol–water partition coefficient (Wildman–Crippen LogP) is 8.15. The van der Waals surface area contributed by atoms with Gasteiger partial charge in [0.25, 0.3) is 0 Å². The number of nitrogens with one attached hydrogen (secondary N) is 2. The van der Waals surface area contributed by atoms with Crippen molar-refractivity contribution in [3.05, 3.63) is 158 Å². The van der Waals surface area contributed by atoms with Crippen LogP contribution in [-0.2, 0) is 0 Å². The van der Waals surface area contributed by atoms with E-state index in [-0.39, 0.29) is 0 Å². The minimum atomic E-state index is 0.810. The summed E-state index contributed by atoms with van der Waals surface area (Å²) < 4.78 is 0. The Bertz CT molecular complexity index is 1810. The molecular formula is C38H30N4. The second-order valence-electron chi connectivity index (χ2n) is 10.5. The number of nitrogens with zero attached hydrogens (tertiary/aromatic N) is 2. The smallest absolute Gasteiger partial charge is 0.0401 e. The van der Waals surface area contributed by atoms with Gasteiger partial charge in [0.05, 0.1) is 0 Å². The van der Waals surface area contributed by atoms with Gasteiger partial charge in [-0.05, 0) is 123 Å². The maximum absolute atomic E-state index is 4.37. The Hall–Kier alpha value is -5.48. The zero-order valence-electron chi connectivity index (χ0n) is 23.2. The molecule has 0 atom stereocenters. The second-order valence-corrected chi connectivity index (χ2v) is 10.5. The van der Waals surface area contributed by atoms with Crippen LogP contribution in [0.4, 0.5) is 0 Å². The summed E-state index contributed by atoms with van der Waals surface area (Å²) in [5.74, 6) is 0. The van der Waals surface area contributed by atoms with E-state index in [9.17, 15) is 0 Å². The van der Waals surface area contributed by atoms with Crippen molar-refractivity contribution >= 4 is 11.1 Å². The Morgan fingerprint density at radius 1 is 0.548 bits per heavy atom. The fraction of sp³-hybridized carbons (Fsp3) is 0.0526. The molecule has 2 aliphatic rings. The van der Waals surface area contributed by atoms with Crippen molar-refractivity contribution in [3.8, 4) is 44.5 Å². The molecule has 4 heteroatoms. The van der Waals surface area contributed by atoms with Crippen molar-refractivity contribution in [2.24, 2.45) is 0 Å². The first-order chi connectivity index (χ1) is 20.8. The highest BCUT2D eigenvalue weighted by atomic mass is 14.8. The maximum Gasteiger partial charge on any atom is 0.0401 e. The summed E-state index contributed by atoms with van der Waals surface area (Å²) in [7, 11) is 0. The highest BCUT2D eigenvalue weighted by molar-refractivity contribution is 5.86. The van der Waals surface area contributed by atoms with Crippen LogP contribution < -0.4 is 10.6 Å². The summed E-state index contributed by atoms with van der Waals surface area (Å²) in [4.78, 5) is 8.75. The lowest BCUT2D eigenvalue weighted by molar-refractivity contribution is 0.976. The summed E-state index contributed by atoms with van der Waals surface area (Å²) in [5, 5.41) is 6.72. The molecule has 0 aliphatic carbocycles. The Morgan fingerprint density at radius 2 is 1.12 bits per heavy atom. The van der Waals surface area contributed by atoms with Gasteiger partial charge < -0.3 is 10.6 Å². The molecule has 0 fully saturated rings. The van der Waals surface area contributed by atoms with E-state index in [1.165, 1.54) is 33.4 Å². The molecule has 7 rings (SSSR count). The van der Waals surface area contributed by atoms with Gasteiger partial charge in [-0.25, -0.2) is 0 Å². The largest absolute Gasteiger partial charge is 0.387 e. The predicted molar refractivity (Wildman–Crippen MR) is 174 cm³/mol. The molecule has 0 radical (unpaired) electrons. The number of rotatable bonds is 6. The standard InChI is InChI=1S/C38H30N4/c1-6-27(33-17-35(29-8-2-12-39-23-29)21-36(18-33)30-9-3-13-40-24-30)16-28(7-1)34-19-37(31-10-4-14-41-25-31)22-38(20-34)32-11-5-15-42-26-32/h1-14,16-24,26,41-42H,15,25H2.